The monoisotopic (exact) mass is 1420 g/mol. The van der Waals surface area contributed by atoms with E-state index in [4.69, 9.17) is 33.8 Å². The van der Waals surface area contributed by atoms with E-state index < -0.39 is 162 Å². The number of phenols is 1. The Morgan fingerprint density at radius 2 is 1.02 bits per heavy atom. The molecule has 36 nitrogen and oxygen atoms in total. The van der Waals surface area contributed by atoms with E-state index in [0.29, 0.717) is 12.0 Å². The maximum atomic E-state index is 14.5. The van der Waals surface area contributed by atoms with Crippen molar-refractivity contribution in [1.82, 2.24) is 68.7 Å². The number of nitrogens with one attached hydrogen (secondary N) is 14. The van der Waals surface area contributed by atoms with Crippen LogP contribution in [0.2, 0.25) is 0 Å². The highest BCUT2D eigenvalue weighted by Gasteiger charge is 2.41. The average molecular weight is 1420 g/mol. The second kappa shape index (κ2) is 44.7. The van der Waals surface area contributed by atoms with E-state index in [1.54, 1.807) is 20.1 Å². The van der Waals surface area contributed by atoms with Gasteiger partial charge in [0.25, 0.3) is 0 Å². The summed E-state index contributed by atoms with van der Waals surface area (Å²) < 4.78 is 0. The number of nitrogens with zero attached hydrogens (tertiary/aromatic N) is 1. The Balaban J connectivity index is 2.46. The highest BCUT2D eigenvalue weighted by Crippen LogP contribution is 2.21. The van der Waals surface area contributed by atoms with Gasteiger partial charge in [-0.25, -0.2) is 0 Å². The van der Waals surface area contributed by atoms with Crippen molar-refractivity contribution < 1.29 is 82.8 Å². The van der Waals surface area contributed by atoms with Gasteiger partial charge in [0.15, 0.2) is 11.9 Å². The number of carbonyl (C=O) groups is 13. The summed E-state index contributed by atoms with van der Waals surface area (Å²) in [6.07, 6.45) is -0.449. The summed E-state index contributed by atoms with van der Waals surface area (Å²) in [5.74, 6) is -13.5. The molecule has 0 spiro atoms. The number of aromatic hydroxyl groups is 1. The molecule has 1 aliphatic heterocycles. The number of thioether (sulfide) groups is 1. The van der Waals surface area contributed by atoms with Crippen LogP contribution in [0.5, 0.6) is 5.75 Å². The minimum atomic E-state index is -2.02. The Labute approximate surface area is 579 Å². The SMILES string of the molecule is CSCC[C@H](NC(=O)[C@@H]1CCCN1C(=O)[C@H](CO)NC(=O)[C@H](CCCNC(=N)N)NC(=O)[C@H](CC(C)C)NC(C)=O)C(=O)N[C@H](C(=O)N[C@@H](CC(=O)O)C(=O)N[C@@H](CCCCN)C(=O)N[C@@H](Cc1ccc(O)cc1)C(=O)N[C@@H](CCCNC(=N)N)C(=O)N[C@@H](CC(C)C)C(N)=O)[C@@H](C)O. The zero-order valence-corrected chi connectivity index (χ0v) is 58.1. The Hall–Kier alpha value is -9.10. The summed E-state index contributed by atoms with van der Waals surface area (Å²) >= 11 is 1.26. The van der Waals surface area contributed by atoms with Crippen molar-refractivity contribution >= 4 is 101 Å². The fourth-order valence-corrected chi connectivity index (χ4v) is 11.0. The van der Waals surface area contributed by atoms with Crippen molar-refractivity contribution in [1.29, 1.82) is 10.8 Å². The number of primary amides is 1. The van der Waals surface area contributed by atoms with Gasteiger partial charge in [-0.1, -0.05) is 39.8 Å². The van der Waals surface area contributed by atoms with E-state index in [1.165, 1.54) is 43.0 Å². The molecule has 12 atom stereocenters. The van der Waals surface area contributed by atoms with Crippen molar-refractivity contribution in [3.8, 4) is 5.75 Å². The fourth-order valence-electron chi connectivity index (χ4n) is 10.5. The Morgan fingerprint density at radius 3 is 1.48 bits per heavy atom. The van der Waals surface area contributed by atoms with Crippen LogP contribution in [0, 0.1) is 22.7 Å². The van der Waals surface area contributed by atoms with Crippen LogP contribution in [-0.2, 0) is 68.7 Å². The fraction of sp³-hybridized carbons (Fsp3) is 0.661. The summed E-state index contributed by atoms with van der Waals surface area (Å²) in [5.41, 5.74) is 22.6. The molecule has 1 heterocycles. The first-order valence-corrected chi connectivity index (χ1v) is 34.3. The standard InChI is InChI=1S/C62H105N19O17S/c1-32(2)27-42(50(64)88)76-51(89)39(14-10-23-69-61(65)66)74-56(94)44(29-36-17-19-37(85)20-18-36)77-52(90)38(13-8-9-22-63)72-57(95)45(30-48(86)87)78-59(97)49(34(5)83)80-54(92)41(21-26-99-7)75-58(96)47-16-12-25-81(47)60(98)46(31-82)79-53(91)40(15-11-24-70-62(67)68)73-55(93)43(28-33(3)4)71-35(6)84/h17-20,32-34,38-47,49,82-83,85H,8-16,21-31,63H2,1-7H3,(H2,64,88)(H,71,84)(H,72,95)(H,73,93)(H,74,94)(H,75,96)(H,76,89)(H,77,90)(H,78,97)(H,79,91)(H,80,92)(H,86,87)(H4,65,66,69)(H4,67,68,70)/t34-,38+,39+,40+,41+,42+,43+,44+,45+,46+,47+,49+/m1/s1. The van der Waals surface area contributed by atoms with Gasteiger partial charge in [-0.05, 0) is 132 Å². The second-order valence-electron chi connectivity index (χ2n) is 25.0. The lowest BCUT2D eigenvalue weighted by molar-refractivity contribution is -0.143. The van der Waals surface area contributed by atoms with E-state index in [1.807, 2.05) is 13.8 Å². The molecule has 99 heavy (non-hydrogen) atoms. The number of guanidine groups is 2. The molecule has 12 amide bonds. The summed E-state index contributed by atoms with van der Waals surface area (Å²) in [7, 11) is 0. The van der Waals surface area contributed by atoms with Crippen molar-refractivity contribution in [3.63, 3.8) is 0 Å². The molecular weight excluding hydrogens is 1310 g/mol. The number of hydrogen-bond acceptors (Lipinski definition) is 20. The summed E-state index contributed by atoms with van der Waals surface area (Å²) in [5, 5.41) is 86.8. The molecule has 1 aromatic carbocycles. The minimum Gasteiger partial charge on any atom is -0.508 e. The molecule has 0 saturated carbocycles. The van der Waals surface area contributed by atoms with Crippen LogP contribution < -0.4 is 86.7 Å². The number of carboxylic acids is 1. The molecular formula is C62H105N19O17S. The lowest BCUT2D eigenvalue weighted by Gasteiger charge is -2.31. The minimum absolute atomic E-state index is 0.0448. The van der Waals surface area contributed by atoms with Gasteiger partial charge < -0.3 is 112 Å². The molecule has 0 aliphatic carbocycles. The van der Waals surface area contributed by atoms with Crippen LogP contribution in [0.3, 0.4) is 0 Å². The quantitative estimate of drug-likeness (QED) is 0.0165. The number of aliphatic hydroxyl groups is 2. The van der Waals surface area contributed by atoms with Crippen LogP contribution in [0.4, 0.5) is 0 Å². The number of aliphatic carboxylic acids is 1. The Kier molecular flexibility index (Phi) is 38.9. The maximum Gasteiger partial charge on any atom is 0.305 e. The first kappa shape index (κ1) is 86.0. The number of rotatable bonds is 46. The van der Waals surface area contributed by atoms with Gasteiger partial charge in [-0.2, -0.15) is 11.8 Å². The number of benzene rings is 1. The first-order chi connectivity index (χ1) is 46.6. The van der Waals surface area contributed by atoms with Gasteiger partial charge in [0, 0.05) is 33.0 Å². The average Bonchev–Trinajstić information content (AvgIpc) is 1.41. The van der Waals surface area contributed by atoms with E-state index in [2.05, 4.69) is 63.8 Å². The zero-order chi connectivity index (χ0) is 74.6. The van der Waals surface area contributed by atoms with Gasteiger partial charge in [0.2, 0.25) is 70.9 Å². The molecule has 1 aromatic rings. The predicted octanol–water partition coefficient (Wildman–Crippen LogP) is -5.37. The van der Waals surface area contributed by atoms with E-state index in [9.17, 15) is 82.8 Å². The van der Waals surface area contributed by atoms with Crippen LogP contribution in [0.1, 0.15) is 131 Å². The molecule has 556 valence electrons. The van der Waals surface area contributed by atoms with Crippen molar-refractivity contribution in [3.05, 3.63) is 29.8 Å². The molecule has 0 bridgehead atoms. The lowest BCUT2D eigenvalue weighted by atomic mass is 10.0. The van der Waals surface area contributed by atoms with Crippen LogP contribution >= 0.6 is 11.8 Å². The van der Waals surface area contributed by atoms with E-state index in [-0.39, 0.29) is 138 Å². The van der Waals surface area contributed by atoms with Gasteiger partial charge in [0.1, 0.15) is 72.2 Å². The number of carboxylic acid groups (broad SMARTS) is 1. The molecule has 1 aliphatic rings. The zero-order valence-electron chi connectivity index (χ0n) is 57.3. The molecule has 1 saturated heterocycles. The topological polar surface area (TPSA) is 602 Å². The first-order valence-electron chi connectivity index (χ1n) is 32.9. The van der Waals surface area contributed by atoms with Crippen molar-refractivity contribution in [2.75, 3.05) is 44.8 Å². The van der Waals surface area contributed by atoms with Crippen LogP contribution in [-0.4, -0.2) is 231 Å². The smallest absolute Gasteiger partial charge is 0.305 e. The molecule has 1 fully saturated rings. The predicted molar refractivity (Wildman–Crippen MR) is 365 cm³/mol. The third-order valence-electron chi connectivity index (χ3n) is 15.5. The second-order valence-corrected chi connectivity index (χ2v) is 26.0. The molecule has 2 rings (SSSR count). The number of hydrogen-bond donors (Lipinski definition) is 22. The van der Waals surface area contributed by atoms with Gasteiger partial charge in [-0.15, -0.1) is 0 Å². The Morgan fingerprint density at radius 1 is 0.576 bits per heavy atom. The van der Waals surface area contributed by atoms with Gasteiger partial charge in [0.05, 0.1) is 19.1 Å². The molecule has 0 aromatic heterocycles. The van der Waals surface area contributed by atoms with Gasteiger partial charge >= 0.3 is 5.97 Å². The largest absolute Gasteiger partial charge is 0.508 e. The van der Waals surface area contributed by atoms with Gasteiger partial charge in [-0.3, -0.25) is 73.1 Å². The summed E-state index contributed by atoms with van der Waals surface area (Å²) in [4.78, 5) is 179. The number of likely N-dealkylation sites (tertiary alicyclic amines) is 1. The van der Waals surface area contributed by atoms with Crippen LogP contribution in [0.15, 0.2) is 24.3 Å². The molecule has 0 unspecified atom stereocenters. The number of phenolic OH excluding ortho intramolecular Hbond substituents is 1. The molecule has 0 radical (unpaired) electrons. The molecule has 37 heteroatoms. The third-order valence-corrected chi connectivity index (χ3v) is 16.2. The van der Waals surface area contributed by atoms with Crippen LogP contribution in [0.25, 0.3) is 0 Å². The van der Waals surface area contributed by atoms with E-state index in [0.717, 1.165) is 11.8 Å². The number of amides is 12. The lowest BCUT2D eigenvalue weighted by Crippen LogP contribution is -2.62. The number of unbranched alkanes of at least 4 members (excludes halogenated alkanes) is 1. The normalized spacial score (nSPS) is 16.0. The molecule has 26 N–H and O–H groups in total. The van der Waals surface area contributed by atoms with Crippen molar-refractivity contribution in [2.24, 2.45) is 34.8 Å². The number of carbonyl (C=O) groups excluding carboxylic acids is 12. The summed E-state index contributed by atoms with van der Waals surface area (Å²) in [6, 6.07) is -10.9. The third kappa shape index (κ3) is 32.4. The number of aliphatic hydroxyl groups excluding tert-OH is 2. The maximum absolute atomic E-state index is 14.5. The number of nitrogens with two attached hydrogens (primary N) is 4. The summed E-state index contributed by atoms with van der Waals surface area (Å²) in [6.45, 7) is 8.86. The highest BCUT2D eigenvalue weighted by molar-refractivity contribution is 7.98. The Bertz CT molecular complexity index is 2910. The van der Waals surface area contributed by atoms with Crippen molar-refractivity contribution in [2.45, 2.75) is 204 Å². The highest BCUT2D eigenvalue weighted by atomic mass is 32.2. The van der Waals surface area contributed by atoms with E-state index >= 15 is 0 Å².